The second-order valence-corrected chi connectivity index (χ2v) is 9.17. The first-order valence-corrected chi connectivity index (χ1v) is 11.6. The average molecular weight is 441 g/mol. The van der Waals surface area contributed by atoms with Gasteiger partial charge in [-0.05, 0) is 56.5 Å². The van der Waals surface area contributed by atoms with E-state index in [4.69, 9.17) is 0 Å². The fraction of sp³-hybridized carbons (Fsp3) is 0.286. The summed E-state index contributed by atoms with van der Waals surface area (Å²) >= 11 is 0. The van der Waals surface area contributed by atoms with E-state index < -0.39 is 15.9 Å². The molecule has 4 rings (SSSR count). The lowest BCUT2D eigenvalue weighted by atomic mass is 10.1. The molecule has 3 aromatic rings. The SMILES string of the molecule is Cc1ccc(NS(=O)(=O)c2cccc(C(=O)Nc3nc(N4CCCCC4)n[nH]3)c2)cc1. The number of piperidine rings is 1. The molecule has 2 heterocycles. The largest absolute Gasteiger partial charge is 0.340 e. The van der Waals surface area contributed by atoms with Crippen LogP contribution >= 0.6 is 0 Å². The highest BCUT2D eigenvalue weighted by Crippen LogP contribution is 2.19. The molecule has 31 heavy (non-hydrogen) atoms. The molecule has 0 spiro atoms. The van der Waals surface area contributed by atoms with E-state index in [9.17, 15) is 13.2 Å². The van der Waals surface area contributed by atoms with E-state index in [-0.39, 0.29) is 16.4 Å². The van der Waals surface area contributed by atoms with E-state index in [2.05, 4.69) is 30.1 Å². The van der Waals surface area contributed by atoms with Crippen LogP contribution in [0.3, 0.4) is 0 Å². The predicted octanol–water partition coefficient (Wildman–Crippen LogP) is 3.16. The van der Waals surface area contributed by atoms with E-state index >= 15 is 0 Å². The van der Waals surface area contributed by atoms with Crippen LogP contribution in [0.1, 0.15) is 35.2 Å². The van der Waals surface area contributed by atoms with E-state index in [1.807, 2.05) is 19.1 Å². The molecule has 3 N–H and O–H groups in total. The summed E-state index contributed by atoms with van der Waals surface area (Å²) in [6.45, 7) is 3.70. The summed E-state index contributed by atoms with van der Waals surface area (Å²) < 4.78 is 28.0. The Balaban J connectivity index is 1.46. The van der Waals surface area contributed by atoms with Gasteiger partial charge in [-0.3, -0.25) is 14.8 Å². The molecule has 0 atom stereocenters. The number of amides is 1. The Kier molecular flexibility index (Phi) is 5.90. The highest BCUT2D eigenvalue weighted by atomic mass is 32.2. The third kappa shape index (κ3) is 5.02. The molecule has 2 aromatic carbocycles. The zero-order valence-corrected chi connectivity index (χ0v) is 17.9. The van der Waals surface area contributed by atoms with Crippen LogP contribution in [0.15, 0.2) is 53.4 Å². The van der Waals surface area contributed by atoms with Gasteiger partial charge in [0.05, 0.1) is 4.90 Å². The maximum atomic E-state index is 12.7. The van der Waals surface area contributed by atoms with Crippen molar-refractivity contribution in [2.75, 3.05) is 28.0 Å². The van der Waals surface area contributed by atoms with Crippen LogP contribution in [-0.2, 0) is 10.0 Å². The molecule has 1 aliphatic heterocycles. The Morgan fingerprint density at radius 2 is 1.81 bits per heavy atom. The first kappa shape index (κ1) is 20.9. The molecular formula is C21H24N6O3S. The van der Waals surface area contributed by atoms with Crippen molar-refractivity contribution in [3.63, 3.8) is 0 Å². The Hall–Kier alpha value is -3.40. The van der Waals surface area contributed by atoms with Crippen molar-refractivity contribution in [2.45, 2.75) is 31.1 Å². The van der Waals surface area contributed by atoms with Gasteiger partial charge in [0, 0.05) is 24.3 Å². The summed E-state index contributed by atoms with van der Waals surface area (Å²) in [6.07, 6.45) is 3.38. The van der Waals surface area contributed by atoms with Gasteiger partial charge in [-0.15, -0.1) is 5.10 Å². The maximum Gasteiger partial charge on any atom is 0.261 e. The molecule has 0 unspecified atom stereocenters. The number of H-pyrrole nitrogens is 1. The van der Waals surface area contributed by atoms with E-state index in [0.29, 0.717) is 11.6 Å². The number of nitrogens with one attached hydrogen (secondary N) is 3. The number of carbonyl (C=O) groups excluding carboxylic acids is 1. The van der Waals surface area contributed by atoms with Crippen molar-refractivity contribution >= 4 is 33.5 Å². The number of nitrogens with zero attached hydrogens (tertiary/aromatic N) is 3. The monoisotopic (exact) mass is 440 g/mol. The normalized spacial score (nSPS) is 14.3. The Morgan fingerprint density at radius 1 is 1.06 bits per heavy atom. The van der Waals surface area contributed by atoms with Crippen LogP contribution in [0, 0.1) is 6.92 Å². The summed E-state index contributed by atoms with van der Waals surface area (Å²) in [4.78, 5) is 19.0. The van der Waals surface area contributed by atoms with Gasteiger partial charge in [0.15, 0.2) is 0 Å². The molecule has 162 valence electrons. The van der Waals surface area contributed by atoms with Crippen LogP contribution in [0.25, 0.3) is 0 Å². The van der Waals surface area contributed by atoms with Gasteiger partial charge < -0.3 is 4.90 Å². The molecule has 10 heteroatoms. The minimum atomic E-state index is -3.84. The second kappa shape index (κ2) is 8.76. The van der Waals surface area contributed by atoms with Crippen LogP contribution in [0.4, 0.5) is 17.6 Å². The zero-order valence-electron chi connectivity index (χ0n) is 17.1. The molecule has 0 aliphatic carbocycles. The fourth-order valence-corrected chi connectivity index (χ4v) is 4.47. The molecule has 9 nitrogen and oxygen atoms in total. The number of benzene rings is 2. The van der Waals surface area contributed by atoms with Gasteiger partial charge in [0.2, 0.25) is 11.9 Å². The summed E-state index contributed by atoms with van der Waals surface area (Å²) in [7, 11) is -3.84. The lowest BCUT2D eigenvalue weighted by Gasteiger charge is -2.24. The molecule has 0 radical (unpaired) electrons. The number of aromatic amines is 1. The topological polar surface area (TPSA) is 120 Å². The minimum Gasteiger partial charge on any atom is -0.340 e. The van der Waals surface area contributed by atoms with Gasteiger partial charge in [-0.2, -0.15) is 4.98 Å². The Bertz CT molecular complexity index is 1170. The third-order valence-corrected chi connectivity index (χ3v) is 6.43. The van der Waals surface area contributed by atoms with Crippen LogP contribution in [0.5, 0.6) is 0 Å². The number of anilines is 3. The first-order chi connectivity index (χ1) is 14.9. The van der Waals surface area contributed by atoms with Crippen LogP contribution in [-0.4, -0.2) is 42.6 Å². The lowest BCUT2D eigenvalue weighted by molar-refractivity contribution is 0.102. The second-order valence-electron chi connectivity index (χ2n) is 7.49. The van der Waals surface area contributed by atoms with Gasteiger partial charge in [0.25, 0.3) is 15.9 Å². The molecule has 1 aromatic heterocycles. The predicted molar refractivity (Wildman–Crippen MR) is 119 cm³/mol. The number of carbonyl (C=O) groups is 1. The smallest absolute Gasteiger partial charge is 0.261 e. The fourth-order valence-electron chi connectivity index (χ4n) is 3.36. The van der Waals surface area contributed by atoms with Crippen molar-refractivity contribution in [3.05, 3.63) is 59.7 Å². The van der Waals surface area contributed by atoms with Gasteiger partial charge in [-0.25, -0.2) is 13.5 Å². The molecule has 1 saturated heterocycles. The average Bonchev–Trinajstić information content (AvgIpc) is 3.24. The number of hydrogen-bond acceptors (Lipinski definition) is 6. The number of hydrogen-bond donors (Lipinski definition) is 3. The first-order valence-electron chi connectivity index (χ1n) is 10.1. The molecule has 1 amide bonds. The van der Waals surface area contributed by atoms with Crippen molar-refractivity contribution in [2.24, 2.45) is 0 Å². The summed E-state index contributed by atoms with van der Waals surface area (Å²) in [5, 5.41) is 9.53. The van der Waals surface area contributed by atoms with E-state index in [1.54, 1.807) is 18.2 Å². The third-order valence-electron chi connectivity index (χ3n) is 5.05. The summed E-state index contributed by atoms with van der Waals surface area (Å²) in [6, 6.07) is 12.8. The van der Waals surface area contributed by atoms with Gasteiger partial charge >= 0.3 is 0 Å². The van der Waals surface area contributed by atoms with Gasteiger partial charge in [0.1, 0.15) is 0 Å². The van der Waals surface area contributed by atoms with Crippen LogP contribution in [0.2, 0.25) is 0 Å². The van der Waals surface area contributed by atoms with Gasteiger partial charge in [-0.1, -0.05) is 23.8 Å². The Labute approximate surface area is 180 Å². The highest BCUT2D eigenvalue weighted by molar-refractivity contribution is 7.92. The standard InChI is InChI=1S/C21H24N6O3S/c1-15-8-10-17(11-9-15)26-31(29,30)18-7-5-6-16(14-18)19(28)22-20-23-21(25-24-20)27-12-3-2-4-13-27/h5-11,14,26H,2-4,12-13H2,1H3,(H2,22,23,24,25,28). The lowest BCUT2D eigenvalue weighted by Crippen LogP contribution is -2.30. The Morgan fingerprint density at radius 3 is 2.55 bits per heavy atom. The van der Waals surface area contributed by atoms with Crippen molar-refractivity contribution in [1.29, 1.82) is 0 Å². The summed E-state index contributed by atoms with van der Waals surface area (Å²) in [5.74, 6) is 0.291. The maximum absolute atomic E-state index is 12.7. The van der Waals surface area contributed by atoms with Crippen molar-refractivity contribution in [3.8, 4) is 0 Å². The van der Waals surface area contributed by atoms with Crippen LogP contribution < -0.4 is 14.9 Å². The number of sulfonamides is 1. The van der Waals surface area contributed by atoms with Crippen molar-refractivity contribution < 1.29 is 13.2 Å². The summed E-state index contributed by atoms with van der Waals surface area (Å²) in [5.41, 5.74) is 1.67. The molecule has 1 fully saturated rings. The number of rotatable bonds is 6. The van der Waals surface area contributed by atoms with Crippen molar-refractivity contribution in [1.82, 2.24) is 15.2 Å². The van der Waals surface area contributed by atoms with E-state index in [1.165, 1.54) is 24.6 Å². The molecular weight excluding hydrogens is 416 g/mol. The minimum absolute atomic E-state index is 0.00713. The highest BCUT2D eigenvalue weighted by Gasteiger charge is 2.19. The molecule has 1 aliphatic rings. The van der Waals surface area contributed by atoms with E-state index in [0.717, 1.165) is 31.5 Å². The number of aryl methyl sites for hydroxylation is 1. The molecule has 0 saturated carbocycles. The quantitative estimate of drug-likeness (QED) is 0.542. The molecule has 0 bridgehead atoms. The zero-order chi connectivity index (χ0) is 21.8. The number of aromatic nitrogens is 3.